The van der Waals surface area contributed by atoms with Crippen LogP contribution in [0.15, 0.2) is 18.5 Å². The number of aromatic nitrogens is 1. The molecule has 0 spiro atoms. The van der Waals surface area contributed by atoms with Gasteiger partial charge in [0.2, 0.25) is 5.91 Å². The Hall–Kier alpha value is -1.40. The lowest BCUT2D eigenvalue weighted by atomic mass is 9.80. The van der Waals surface area contributed by atoms with E-state index >= 15 is 0 Å². The lowest BCUT2D eigenvalue weighted by molar-refractivity contribution is -0.115. The van der Waals surface area contributed by atoms with Crippen LogP contribution in [0.3, 0.4) is 0 Å². The molecule has 1 aliphatic rings. The Labute approximate surface area is 120 Å². The molecule has 0 atom stereocenters. The molecule has 2 rings (SSSR count). The van der Waals surface area contributed by atoms with Crippen molar-refractivity contribution in [1.82, 2.24) is 4.98 Å². The normalized spacial score (nSPS) is 19.9. The van der Waals surface area contributed by atoms with Gasteiger partial charge in [0.1, 0.15) is 0 Å². The molecule has 1 aromatic rings. The average molecular weight is 276 g/mol. The van der Waals surface area contributed by atoms with Crippen LogP contribution in [-0.2, 0) is 14.1 Å². The molecule has 20 heavy (non-hydrogen) atoms. The van der Waals surface area contributed by atoms with Crippen LogP contribution in [0.4, 0.5) is 5.69 Å². The van der Waals surface area contributed by atoms with E-state index in [-0.39, 0.29) is 17.1 Å². The Morgan fingerprint density at radius 2 is 1.85 bits per heavy atom. The first-order chi connectivity index (χ1) is 9.25. The zero-order chi connectivity index (χ0) is 15.0. The average Bonchev–Trinajstić information content (AvgIpc) is 2.59. The molecule has 0 bridgehead atoms. The molecule has 2 heterocycles. The number of pyridine rings is 1. The second-order valence-electron chi connectivity index (χ2n) is 6.00. The Balaban J connectivity index is 2.19. The first-order valence-corrected chi connectivity index (χ1v) is 6.85. The minimum Gasteiger partial charge on any atom is -0.399 e. The molecule has 1 aromatic heterocycles. The molecule has 1 saturated heterocycles. The van der Waals surface area contributed by atoms with E-state index < -0.39 is 7.12 Å². The number of amides is 1. The minimum atomic E-state index is -0.467. The van der Waals surface area contributed by atoms with Gasteiger partial charge in [0.15, 0.2) is 0 Å². The summed E-state index contributed by atoms with van der Waals surface area (Å²) in [5.74, 6) is -0.0436. The van der Waals surface area contributed by atoms with Gasteiger partial charge in [0.05, 0.1) is 23.1 Å². The maximum Gasteiger partial charge on any atom is 0.496 e. The van der Waals surface area contributed by atoms with Gasteiger partial charge in [-0.25, -0.2) is 0 Å². The number of hydrogen-bond donors (Lipinski definition) is 1. The van der Waals surface area contributed by atoms with Crippen molar-refractivity contribution in [2.75, 3.05) is 5.32 Å². The number of carbonyl (C=O) groups excluding carboxylic acids is 1. The number of nitrogens with one attached hydrogen (secondary N) is 1. The number of rotatable bonds is 3. The van der Waals surface area contributed by atoms with Gasteiger partial charge < -0.3 is 14.6 Å². The number of anilines is 1. The van der Waals surface area contributed by atoms with Crippen LogP contribution < -0.4 is 10.8 Å². The predicted octanol–water partition coefficient (Wildman–Crippen LogP) is 1.73. The first kappa shape index (κ1) is 15.0. The quantitative estimate of drug-likeness (QED) is 0.854. The highest BCUT2D eigenvalue weighted by atomic mass is 16.7. The number of carbonyl (C=O) groups is 1. The summed E-state index contributed by atoms with van der Waals surface area (Å²) < 4.78 is 11.9. The highest BCUT2D eigenvalue weighted by Gasteiger charge is 2.51. The maximum absolute atomic E-state index is 11.4. The Morgan fingerprint density at radius 1 is 1.25 bits per heavy atom. The fourth-order valence-corrected chi connectivity index (χ4v) is 1.88. The summed E-state index contributed by atoms with van der Waals surface area (Å²) in [6.07, 6.45) is 3.74. The monoisotopic (exact) mass is 276 g/mol. The predicted molar refractivity (Wildman–Crippen MR) is 78.9 cm³/mol. The zero-order valence-corrected chi connectivity index (χ0v) is 12.7. The van der Waals surface area contributed by atoms with E-state index in [1.54, 1.807) is 19.3 Å². The van der Waals surface area contributed by atoms with Crippen molar-refractivity contribution in [2.45, 2.75) is 52.2 Å². The third-order valence-electron chi connectivity index (χ3n) is 3.89. The standard InChI is InChI=1S/C14H21BN2O3/c1-6-12(18)17-11-7-10(8-16-9-11)15-19-13(2,3)14(4,5)20-15/h7-9H,6H2,1-5H3,(H,17,18). The SMILES string of the molecule is CCC(=O)Nc1cncc(B2OC(C)(C)C(C)(C)O2)c1. The van der Waals surface area contributed by atoms with Gasteiger partial charge in [-0.1, -0.05) is 6.92 Å². The molecule has 0 radical (unpaired) electrons. The summed E-state index contributed by atoms with van der Waals surface area (Å²) in [5.41, 5.74) is 0.683. The van der Waals surface area contributed by atoms with Crippen molar-refractivity contribution < 1.29 is 14.1 Å². The first-order valence-electron chi connectivity index (χ1n) is 6.85. The fourth-order valence-electron chi connectivity index (χ4n) is 1.88. The van der Waals surface area contributed by atoms with Gasteiger partial charge in [0.25, 0.3) is 0 Å². The lowest BCUT2D eigenvalue weighted by Crippen LogP contribution is -2.41. The lowest BCUT2D eigenvalue weighted by Gasteiger charge is -2.32. The van der Waals surface area contributed by atoms with Crippen molar-refractivity contribution in [1.29, 1.82) is 0 Å². The topological polar surface area (TPSA) is 60.5 Å². The molecule has 1 amide bonds. The molecule has 6 heteroatoms. The van der Waals surface area contributed by atoms with E-state index in [9.17, 15) is 4.79 Å². The summed E-state index contributed by atoms with van der Waals surface area (Å²) in [6.45, 7) is 9.82. The van der Waals surface area contributed by atoms with Crippen LogP contribution in [0.5, 0.6) is 0 Å². The van der Waals surface area contributed by atoms with Gasteiger partial charge in [-0.2, -0.15) is 0 Å². The third kappa shape index (κ3) is 2.86. The van der Waals surface area contributed by atoms with Crippen LogP contribution in [0.2, 0.25) is 0 Å². The minimum absolute atomic E-state index is 0.0436. The largest absolute Gasteiger partial charge is 0.496 e. The van der Waals surface area contributed by atoms with Crippen molar-refractivity contribution in [3.8, 4) is 0 Å². The molecule has 1 aliphatic heterocycles. The Bertz CT molecular complexity index is 501. The van der Waals surface area contributed by atoms with Crippen LogP contribution in [-0.4, -0.2) is 29.2 Å². The van der Waals surface area contributed by atoms with E-state index in [2.05, 4.69) is 10.3 Å². The van der Waals surface area contributed by atoms with Gasteiger partial charge >= 0.3 is 7.12 Å². The smallest absolute Gasteiger partial charge is 0.399 e. The summed E-state index contributed by atoms with van der Waals surface area (Å²) in [6, 6.07) is 1.84. The van der Waals surface area contributed by atoms with Gasteiger partial charge in [-0.05, 0) is 33.8 Å². The Morgan fingerprint density at radius 3 is 2.40 bits per heavy atom. The van der Waals surface area contributed by atoms with Crippen LogP contribution >= 0.6 is 0 Å². The van der Waals surface area contributed by atoms with E-state index in [0.717, 1.165) is 5.46 Å². The second-order valence-corrected chi connectivity index (χ2v) is 6.00. The van der Waals surface area contributed by atoms with Crippen LogP contribution in [0.1, 0.15) is 41.0 Å². The van der Waals surface area contributed by atoms with Crippen molar-refractivity contribution in [3.63, 3.8) is 0 Å². The molecule has 108 valence electrons. The zero-order valence-electron chi connectivity index (χ0n) is 12.7. The highest BCUT2D eigenvalue weighted by molar-refractivity contribution is 6.62. The molecule has 5 nitrogen and oxygen atoms in total. The molecular formula is C14H21BN2O3. The molecule has 1 N–H and O–H groups in total. The van der Waals surface area contributed by atoms with Crippen LogP contribution in [0.25, 0.3) is 0 Å². The van der Waals surface area contributed by atoms with E-state index in [0.29, 0.717) is 12.1 Å². The summed E-state index contributed by atoms with van der Waals surface area (Å²) in [5, 5.41) is 2.78. The van der Waals surface area contributed by atoms with Crippen molar-refractivity contribution >= 4 is 24.2 Å². The Kier molecular flexibility index (Phi) is 3.89. The van der Waals surface area contributed by atoms with Crippen molar-refractivity contribution in [2.24, 2.45) is 0 Å². The molecule has 0 saturated carbocycles. The van der Waals surface area contributed by atoms with Gasteiger partial charge in [0, 0.05) is 18.1 Å². The summed E-state index contributed by atoms with van der Waals surface area (Å²) in [7, 11) is -0.467. The third-order valence-corrected chi connectivity index (χ3v) is 3.89. The summed E-state index contributed by atoms with van der Waals surface area (Å²) >= 11 is 0. The summed E-state index contributed by atoms with van der Waals surface area (Å²) in [4.78, 5) is 15.6. The van der Waals surface area contributed by atoms with Gasteiger partial charge in [-0.15, -0.1) is 0 Å². The molecule has 0 aliphatic carbocycles. The van der Waals surface area contributed by atoms with E-state index in [4.69, 9.17) is 9.31 Å². The van der Waals surface area contributed by atoms with Crippen LogP contribution in [0, 0.1) is 0 Å². The number of hydrogen-bond acceptors (Lipinski definition) is 4. The fraction of sp³-hybridized carbons (Fsp3) is 0.571. The van der Waals surface area contributed by atoms with E-state index in [1.165, 1.54) is 0 Å². The van der Waals surface area contributed by atoms with Gasteiger partial charge in [-0.3, -0.25) is 9.78 Å². The molecule has 0 unspecified atom stereocenters. The highest BCUT2D eigenvalue weighted by Crippen LogP contribution is 2.36. The number of nitrogens with zero attached hydrogens (tertiary/aromatic N) is 1. The maximum atomic E-state index is 11.4. The molecule has 0 aromatic carbocycles. The molecule has 1 fully saturated rings. The molecular weight excluding hydrogens is 255 g/mol. The van der Waals surface area contributed by atoms with Crippen molar-refractivity contribution in [3.05, 3.63) is 18.5 Å². The second kappa shape index (κ2) is 5.18. The van der Waals surface area contributed by atoms with E-state index in [1.807, 2.05) is 33.8 Å².